The van der Waals surface area contributed by atoms with E-state index in [0.717, 1.165) is 31.6 Å². The topological polar surface area (TPSA) is 50.8 Å². The van der Waals surface area contributed by atoms with Crippen LogP contribution < -0.4 is 14.8 Å². The molecule has 0 atom stereocenters. The van der Waals surface area contributed by atoms with Crippen molar-refractivity contribution in [2.45, 2.75) is 26.7 Å². The van der Waals surface area contributed by atoms with Gasteiger partial charge in [0.2, 0.25) is 5.91 Å². The van der Waals surface area contributed by atoms with Crippen LogP contribution in [0.2, 0.25) is 5.02 Å². The van der Waals surface area contributed by atoms with Crippen LogP contribution in [0.25, 0.3) is 0 Å². The Kier molecular flexibility index (Phi) is 6.99. The van der Waals surface area contributed by atoms with Gasteiger partial charge in [-0.25, -0.2) is 0 Å². The maximum Gasteiger partial charge on any atom is 0.224 e. The van der Waals surface area contributed by atoms with Crippen LogP contribution in [0.3, 0.4) is 0 Å². The van der Waals surface area contributed by atoms with Gasteiger partial charge in [0.15, 0.2) is 11.5 Å². The highest BCUT2D eigenvalue weighted by Crippen LogP contribution is 2.38. The predicted molar refractivity (Wildman–Crippen MR) is 91.6 cm³/mol. The molecule has 0 unspecified atom stereocenters. The van der Waals surface area contributed by atoms with Crippen molar-refractivity contribution in [3.8, 4) is 11.5 Å². The molecule has 0 radical (unpaired) electrons. The fourth-order valence-electron chi connectivity index (χ4n) is 2.53. The molecule has 1 aliphatic rings. The zero-order valence-electron chi connectivity index (χ0n) is 13.9. The summed E-state index contributed by atoms with van der Waals surface area (Å²) in [5.41, 5.74) is 0.833. The maximum absolute atomic E-state index is 12.1. The van der Waals surface area contributed by atoms with Gasteiger partial charge in [-0.15, -0.1) is 0 Å². The molecule has 2 rings (SSSR count). The number of nitrogens with zero attached hydrogens (tertiary/aromatic N) is 1. The summed E-state index contributed by atoms with van der Waals surface area (Å²) in [7, 11) is 0. The summed E-state index contributed by atoms with van der Waals surface area (Å²) in [6.45, 7) is 8.92. The van der Waals surface area contributed by atoms with Crippen molar-refractivity contribution in [2.24, 2.45) is 0 Å². The number of amides is 1. The second-order valence-corrected chi connectivity index (χ2v) is 5.92. The Hall–Kier alpha value is -1.46. The van der Waals surface area contributed by atoms with Crippen LogP contribution in [0, 0.1) is 0 Å². The van der Waals surface area contributed by atoms with E-state index in [1.807, 2.05) is 6.07 Å². The lowest BCUT2D eigenvalue weighted by atomic mass is 10.1. The van der Waals surface area contributed by atoms with Crippen LogP contribution in [0.5, 0.6) is 11.5 Å². The van der Waals surface area contributed by atoms with Gasteiger partial charge in [-0.2, -0.15) is 0 Å². The number of hydrogen-bond acceptors (Lipinski definition) is 4. The lowest BCUT2D eigenvalue weighted by Crippen LogP contribution is -2.35. The first kappa shape index (κ1) is 17.9. The van der Waals surface area contributed by atoms with Gasteiger partial charge in [0.25, 0.3) is 0 Å². The third-order valence-corrected chi connectivity index (χ3v) is 4.15. The number of likely N-dealkylation sites (N-methyl/N-ethyl adjacent to an activating group) is 1. The van der Waals surface area contributed by atoms with E-state index >= 15 is 0 Å². The Morgan fingerprint density at radius 1 is 1.26 bits per heavy atom. The fourth-order valence-corrected chi connectivity index (χ4v) is 2.82. The summed E-state index contributed by atoms with van der Waals surface area (Å²) < 4.78 is 11.2. The molecule has 0 fully saturated rings. The Morgan fingerprint density at radius 3 is 2.74 bits per heavy atom. The lowest BCUT2D eigenvalue weighted by molar-refractivity contribution is -0.120. The van der Waals surface area contributed by atoms with E-state index in [4.69, 9.17) is 21.1 Å². The fraction of sp³-hybridized carbons (Fsp3) is 0.588. The van der Waals surface area contributed by atoms with Crippen molar-refractivity contribution in [3.05, 3.63) is 22.7 Å². The van der Waals surface area contributed by atoms with Crippen LogP contribution in [-0.2, 0) is 11.2 Å². The van der Waals surface area contributed by atoms with Gasteiger partial charge in [-0.05, 0) is 30.8 Å². The van der Waals surface area contributed by atoms with Crippen molar-refractivity contribution >= 4 is 17.5 Å². The Bertz CT molecular complexity index is 533. The number of carbonyl (C=O) groups is 1. The van der Waals surface area contributed by atoms with Gasteiger partial charge in [0.1, 0.15) is 0 Å². The zero-order chi connectivity index (χ0) is 16.7. The van der Waals surface area contributed by atoms with E-state index in [0.29, 0.717) is 36.3 Å². The standard InChI is InChI=1S/C17H25ClN2O3/c1-3-20(4-2)7-6-19-16(21)12-13-10-14(18)17-15(11-13)22-8-5-9-23-17/h10-11H,3-9,12H2,1-2H3,(H,19,21). The minimum absolute atomic E-state index is 0.0114. The van der Waals surface area contributed by atoms with Gasteiger partial charge >= 0.3 is 0 Å². The molecule has 1 N–H and O–H groups in total. The van der Waals surface area contributed by atoms with Crippen molar-refractivity contribution in [2.75, 3.05) is 39.4 Å². The van der Waals surface area contributed by atoms with Gasteiger partial charge < -0.3 is 19.7 Å². The van der Waals surface area contributed by atoms with Crippen molar-refractivity contribution in [1.29, 1.82) is 0 Å². The molecule has 0 spiro atoms. The lowest BCUT2D eigenvalue weighted by Gasteiger charge is -2.18. The highest BCUT2D eigenvalue weighted by molar-refractivity contribution is 6.32. The first-order chi connectivity index (χ1) is 11.1. The second kappa shape index (κ2) is 8.99. The number of rotatable bonds is 7. The molecule has 128 valence electrons. The van der Waals surface area contributed by atoms with Gasteiger partial charge in [0.05, 0.1) is 24.7 Å². The van der Waals surface area contributed by atoms with Crippen molar-refractivity contribution < 1.29 is 14.3 Å². The first-order valence-electron chi connectivity index (χ1n) is 8.21. The van der Waals surface area contributed by atoms with Crippen LogP contribution in [-0.4, -0.2) is 50.2 Å². The van der Waals surface area contributed by atoms with Gasteiger partial charge in [0, 0.05) is 19.5 Å². The Labute approximate surface area is 142 Å². The molecule has 1 heterocycles. The van der Waals surface area contributed by atoms with Crippen LogP contribution in [0.15, 0.2) is 12.1 Å². The maximum atomic E-state index is 12.1. The predicted octanol–water partition coefficient (Wildman–Crippen LogP) is 2.50. The van der Waals surface area contributed by atoms with Crippen molar-refractivity contribution in [3.63, 3.8) is 0 Å². The number of fused-ring (bicyclic) bond motifs is 1. The van der Waals surface area contributed by atoms with E-state index in [1.165, 1.54) is 0 Å². The molecule has 0 aromatic heterocycles. The van der Waals surface area contributed by atoms with E-state index in [2.05, 4.69) is 24.1 Å². The normalized spacial score (nSPS) is 13.7. The Balaban J connectivity index is 1.91. The SMILES string of the molecule is CCN(CC)CCNC(=O)Cc1cc(Cl)c2c(c1)OCCCO2. The Morgan fingerprint density at radius 2 is 2.00 bits per heavy atom. The molecule has 23 heavy (non-hydrogen) atoms. The molecule has 0 saturated carbocycles. The largest absolute Gasteiger partial charge is 0.489 e. The van der Waals surface area contributed by atoms with Gasteiger partial charge in [-0.1, -0.05) is 25.4 Å². The summed E-state index contributed by atoms with van der Waals surface area (Å²) in [6.07, 6.45) is 1.11. The molecule has 5 nitrogen and oxygen atoms in total. The molecule has 1 amide bonds. The highest BCUT2D eigenvalue weighted by Gasteiger charge is 2.16. The number of nitrogens with one attached hydrogen (secondary N) is 1. The van der Waals surface area contributed by atoms with Crippen LogP contribution >= 0.6 is 11.6 Å². The van der Waals surface area contributed by atoms with Crippen LogP contribution in [0.4, 0.5) is 0 Å². The van der Waals surface area contributed by atoms with Gasteiger partial charge in [-0.3, -0.25) is 4.79 Å². The van der Waals surface area contributed by atoms with Crippen LogP contribution in [0.1, 0.15) is 25.8 Å². The average molecular weight is 341 g/mol. The van der Waals surface area contributed by atoms with E-state index in [9.17, 15) is 4.79 Å². The van der Waals surface area contributed by atoms with E-state index < -0.39 is 0 Å². The summed E-state index contributed by atoms with van der Waals surface area (Å²) >= 11 is 6.24. The third-order valence-electron chi connectivity index (χ3n) is 3.87. The minimum atomic E-state index is -0.0114. The summed E-state index contributed by atoms with van der Waals surface area (Å²) in [6, 6.07) is 3.62. The molecule has 1 aromatic carbocycles. The molecule has 1 aromatic rings. The number of carbonyl (C=O) groups excluding carboxylic acids is 1. The summed E-state index contributed by atoms with van der Waals surface area (Å²) in [5, 5.41) is 3.44. The summed E-state index contributed by atoms with van der Waals surface area (Å²) in [4.78, 5) is 14.3. The molecule has 6 heteroatoms. The van der Waals surface area contributed by atoms with Crippen molar-refractivity contribution in [1.82, 2.24) is 10.2 Å². The molecule has 0 bridgehead atoms. The smallest absolute Gasteiger partial charge is 0.224 e. The molecule has 0 aliphatic carbocycles. The highest BCUT2D eigenvalue weighted by atomic mass is 35.5. The average Bonchev–Trinajstić information content (AvgIpc) is 2.77. The van der Waals surface area contributed by atoms with E-state index in [1.54, 1.807) is 6.07 Å². The molecular weight excluding hydrogens is 316 g/mol. The summed E-state index contributed by atoms with van der Waals surface area (Å²) in [5.74, 6) is 1.19. The third kappa shape index (κ3) is 5.29. The molecular formula is C17H25ClN2O3. The second-order valence-electron chi connectivity index (χ2n) is 5.51. The van der Waals surface area contributed by atoms with E-state index in [-0.39, 0.29) is 12.3 Å². The number of halogens is 1. The number of hydrogen-bond donors (Lipinski definition) is 1. The molecule has 0 saturated heterocycles. The minimum Gasteiger partial charge on any atom is -0.489 e. The number of ether oxygens (including phenoxy) is 2. The monoisotopic (exact) mass is 340 g/mol. The first-order valence-corrected chi connectivity index (χ1v) is 8.58. The zero-order valence-corrected chi connectivity index (χ0v) is 14.6. The number of benzene rings is 1. The molecule has 1 aliphatic heterocycles. The quantitative estimate of drug-likeness (QED) is 0.828.